The molecule has 4 rings (SSSR count). The number of ether oxygens (including phenoxy) is 2. The number of carbonyl (C=O) groups is 1. The van der Waals surface area contributed by atoms with E-state index in [1.165, 1.54) is 0 Å². The molecule has 3 heterocycles. The Morgan fingerprint density at radius 1 is 1.00 bits per heavy atom. The standard InChI is InChI=1S/C18H15N5O3/c24-18(12-4-5-14-15(9-12)26-11-25-14)21-17-7-6-16(22-23-17)20-10-13-3-1-2-8-19-13/h1-9H,10-11H2,(H,20,22)(H,21,23,24). The van der Waals surface area contributed by atoms with E-state index in [1.807, 2.05) is 18.2 Å². The minimum Gasteiger partial charge on any atom is -0.454 e. The number of nitrogens with zero attached hydrogens (tertiary/aromatic N) is 3. The van der Waals surface area contributed by atoms with E-state index in [2.05, 4.69) is 25.8 Å². The second-order valence-electron chi connectivity index (χ2n) is 5.50. The van der Waals surface area contributed by atoms with E-state index in [4.69, 9.17) is 9.47 Å². The van der Waals surface area contributed by atoms with Crippen LogP contribution in [0.3, 0.4) is 0 Å². The molecule has 0 saturated heterocycles. The Bertz CT molecular complexity index is 916. The lowest BCUT2D eigenvalue weighted by Crippen LogP contribution is -2.13. The van der Waals surface area contributed by atoms with Gasteiger partial charge in [-0.25, -0.2) is 0 Å². The number of rotatable bonds is 5. The summed E-state index contributed by atoms with van der Waals surface area (Å²) in [6.45, 7) is 0.706. The Kier molecular flexibility index (Phi) is 4.29. The predicted molar refractivity (Wildman–Crippen MR) is 94.1 cm³/mol. The van der Waals surface area contributed by atoms with Gasteiger partial charge in [-0.3, -0.25) is 9.78 Å². The van der Waals surface area contributed by atoms with Crippen LogP contribution in [0.2, 0.25) is 0 Å². The van der Waals surface area contributed by atoms with Gasteiger partial charge in [0, 0.05) is 11.8 Å². The molecular weight excluding hydrogens is 334 g/mol. The highest BCUT2D eigenvalue weighted by molar-refractivity contribution is 6.04. The van der Waals surface area contributed by atoms with Crippen LogP contribution in [0.4, 0.5) is 11.6 Å². The number of anilines is 2. The van der Waals surface area contributed by atoms with Crippen molar-refractivity contribution in [1.29, 1.82) is 0 Å². The first-order chi connectivity index (χ1) is 12.8. The third-order valence-corrected chi connectivity index (χ3v) is 3.72. The maximum absolute atomic E-state index is 12.3. The summed E-state index contributed by atoms with van der Waals surface area (Å²) in [6.07, 6.45) is 1.73. The summed E-state index contributed by atoms with van der Waals surface area (Å²) < 4.78 is 10.5. The molecule has 2 N–H and O–H groups in total. The quantitative estimate of drug-likeness (QED) is 0.730. The molecule has 0 bridgehead atoms. The smallest absolute Gasteiger partial charge is 0.257 e. The monoisotopic (exact) mass is 349 g/mol. The number of hydrogen-bond donors (Lipinski definition) is 2. The molecule has 0 aliphatic carbocycles. The van der Waals surface area contributed by atoms with Gasteiger partial charge >= 0.3 is 0 Å². The van der Waals surface area contributed by atoms with Crippen LogP contribution in [0.5, 0.6) is 11.5 Å². The summed E-state index contributed by atoms with van der Waals surface area (Å²) in [7, 11) is 0. The van der Waals surface area contributed by atoms with E-state index < -0.39 is 0 Å². The molecule has 0 fully saturated rings. The van der Waals surface area contributed by atoms with E-state index in [1.54, 1.807) is 36.5 Å². The lowest BCUT2D eigenvalue weighted by atomic mass is 10.2. The molecule has 8 nitrogen and oxygen atoms in total. The normalized spacial score (nSPS) is 11.8. The first kappa shape index (κ1) is 15.8. The average molecular weight is 349 g/mol. The van der Waals surface area contributed by atoms with Gasteiger partial charge in [0.1, 0.15) is 5.82 Å². The van der Waals surface area contributed by atoms with Crippen LogP contribution < -0.4 is 20.1 Å². The molecular formula is C18H15N5O3. The molecule has 0 saturated carbocycles. The van der Waals surface area contributed by atoms with Gasteiger partial charge in [-0.1, -0.05) is 6.07 Å². The van der Waals surface area contributed by atoms with Gasteiger partial charge in [-0.15, -0.1) is 10.2 Å². The van der Waals surface area contributed by atoms with Crippen molar-refractivity contribution in [2.45, 2.75) is 6.54 Å². The Morgan fingerprint density at radius 2 is 1.85 bits per heavy atom. The molecule has 3 aromatic rings. The average Bonchev–Trinajstić information content (AvgIpc) is 3.16. The highest BCUT2D eigenvalue weighted by atomic mass is 16.7. The SMILES string of the molecule is O=C(Nc1ccc(NCc2ccccn2)nn1)c1ccc2c(c1)OCO2. The lowest BCUT2D eigenvalue weighted by molar-refractivity contribution is 0.102. The van der Waals surface area contributed by atoms with Crippen molar-refractivity contribution in [3.63, 3.8) is 0 Å². The number of nitrogens with one attached hydrogen (secondary N) is 2. The summed E-state index contributed by atoms with van der Waals surface area (Å²) in [6, 6.07) is 14.1. The number of benzene rings is 1. The van der Waals surface area contributed by atoms with Gasteiger partial charge in [0.05, 0.1) is 12.2 Å². The van der Waals surface area contributed by atoms with E-state index in [9.17, 15) is 4.79 Å². The lowest BCUT2D eigenvalue weighted by Gasteiger charge is -2.07. The van der Waals surface area contributed by atoms with Crippen LogP contribution in [0, 0.1) is 0 Å². The molecule has 1 amide bonds. The van der Waals surface area contributed by atoms with Gasteiger partial charge < -0.3 is 20.1 Å². The molecule has 1 aromatic carbocycles. The maximum Gasteiger partial charge on any atom is 0.257 e. The summed E-state index contributed by atoms with van der Waals surface area (Å²) in [4.78, 5) is 16.5. The number of carbonyl (C=O) groups excluding carboxylic acids is 1. The Balaban J connectivity index is 1.37. The van der Waals surface area contributed by atoms with Crippen molar-refractivity contribution in [1.82, 2.24) is 15.2 Å². The minimum atomic E-state index is -0.299. The Labute approximate surface area is 149 Å². The second-order valence-corrected chi connectivity index (χ2v) is 5.50. The minimum absolute atomic E-state index is 0.166. The van der Waals surface area contributed by atoms with Crippen molar-refractivity contribution in [2.75, 3.05) is 17.4 Å². The summed E-state index contributed by atoms with van der Waals surface area (Å²) in [5.74, 6) is 1.84. The third kappa shape index (κ3) is 3.54. The molecule has 1 aliphatic heterocycles. The first-order valence-electron chi connectivity index (χ1n) is 7.96. The zero-order chi connectivity index (χ0) is 17.8. The topological polar surface area (TPSA) is 98.3 Å². The van der Waals surface area contributed by atoms with E-state index in [0.717, 1.165) is 5.69 Å². The highest BCUT2D eigenvalue weighted by Gasteiger charge is 2.16. The summed E-state index contributed by atoms with van der Waals surface area (Å²) in [5.41, 5.74) is 1.35. The molecule has 1 aliphatic rings. The Hall–Kier alpha value is -3.68. The predicted octanol–water partition coefficient (Wildman–Crippen LogP) is 2.46. The van der Waals surface area contributed by atoms with Crippen molar-refractivity contribution in [3.05, 3.63) is 66.0 Å². The molecule has 8 heteroatoms. The van der Waals surface area contributed by atoms with E-state index in [0.29, 0.717) is 35.2 Å². The Morgan fingerprint density at radius 3 is 2.65 bits per heavy atom. The van der Waals surface area contributed by atoms with Crippen molar-refractivity contribution >= 4 is 17.5 Å². The summed E-state index contributed by atoms with van der Waals surface area (Å²) >= 11 is 0. The van der Waals surface area contributed by atoms with Crippen LogP contribution in [0.25, 0.3) is 0 Å². The van der Waals surface area contributed by atoms with Gasteiger partial charge in [0.2, 0.25) is 6.79 Å². The number of pyridine rings is 1. The molecule has 0 unspecified atom stereocenters. The molecule has 130 valence electrons. The number of aromatic nitrogens is 3. The van der Waals surface area contributed by atoms with Crippen molar-refractivity contribution in [3.8, 4) is 11.5 Å². The first-order valence-corrected chi connectivity index (χ1v) is 7.96. The second kappa shape index (κ2) is 7.06. The molecule has 0 spiro atoms. The van der Waals surface area contributed by atoms with E-state index >= 15 is 0 Å². The van der Waals surface area contributed by atoms with Crippen LogP contribution >= 0.6 is 0 Å². The highest BCUT2D eigenvalue weighted by Crippen LogP contribution is 2.32. The third-order valence-electron chi connectivity index (χ3n) is 3.72. The number of hydrogen-bond acceptors (Lipinski definition) is 7. The molecule has 0 atom stereocenters. The van der Waals surface area contributed by atoms with Crippen LogP contribution in [-0.4, -0.2) is 27.9 Å². The zero-order valence-corrected chi connectivity index (χ0v) is 13.7. The molecule has 0 radical (unpaired) electrons. The summed E-state index contributed by atoms with van der Waals surface area (Å²) in [5, 5.41) is 13.9. The fourth-order valence-corrected chi connectivity index (χ4v) is 2.40. The number of amides is 1. The fourth-order valence-electron chi connectivity index (χ4n) is 2.40. The van der Waals surface area contributed by atoms with Crippen LogP contribution in [-0.2, 0) is 6.54 Å². The van der Waals surface area contributed by atoms with Gasteiger partial charge in [-0.05, 0) is 42.5 Å². The largest absolute Gasteiger partial charge is 0.454 e. The molecule has 26 heavy (non-hydrogen) atoms. The van der Waals surface area contributed by atoms with Gasteiger partial charge in [0.25, 0.3) is 5.91 Å². The van der Waals surface area contributed by atoms with Crippen molar-refractivity contribution < 1.29 is 14.3 Å². The molecule has 2 aromatic heterocycles. The fraction of sp³-hybridized carbons (Fsp3) is 0.111. The van der Waals surface area contributed by atoms with Crippen molar-refractivity contribution in [2.24, 2.45) is 0 Å². The van der Waals surface area contributed by atoms with E-state index in [-0.39, 0.29) is 12.7 Å². The van der Waals surface area contributed by atoms with Crippen LogP contribution in [0.1, 0.15) is 16.1 Å². The van der Waals surface area contributed by atoms with Crippen LogP contribution in [0.15, 0.2) is 54.7 Å². The maximum atomic E-state index is 12.3. The van der Waals surface area contributed by atoms with Gasteiger partial charge in [-0.2, -0.15) is 0 Å². The zero-order valence-electron chi connectivity index (χ0n) is 13.7. The number of fused-ring (bicyclic) bond motifs is 1. The van der Waals surface area contributed by atoms with Gasteiger partial charge in [0.15, 0.2) is 17.3 Å².